The Balaban J connectivity index is 2.14. The minimum absolute atomic E-state index is 0.0715. The van der Waals surface area contributed by atoms with Crippen LogP contribution in [0.5, 0.6) is 0 Å². The molecule has 2 aromatic rings. The largest absolute Gasteiger partial charge is 0.458 e. The maximum absolute atomic E-state index is 11.9. The summed E-state index contributed by atoms with van der Waals surface area (Å²) in [6, 6.07) is 5.27. The first-order valence-electron chi connectivity index (χ1n) is 5.41. The van der Waals surface area contributed by atoms with E-state index in [0.29, 0.717) is 10.8 Å². The Morgan fingerprint density at radius 3 is 2.88 bits per heavy atom. The number of halogens is 1. The van der Waals surface area contributed by atoms with Gasteiger partial charge in [-0.1, -0.05) is 18.5 Å². The number of aromatic nitrogens is 1. The number of rotatable bonds is 4. The molecule has 0 unspecified atom stereocenters. The SMILES string of the molecule is CCc1ccc(C(=O)Cc2ccncc2Cl)o1. The average Bonchev–Trinajstić information content (AvgIpc) is 2.81. The van der Waals surface area contributed by atoms with E-state index in [-0.39, 0.29) is 12.2 Å². The van der Waals surface area contributed by atoms with Gasteiger partial charge in [-0.15, -0.1) is 0 Å². The van der Waals surface area contributed by atoms with Gasteiger partial charge in [-0.3, -0.25) is 9.78 Å². The van der Waals surface area contributed by atoms with E-state index >= 15 is 0 Å². The highest BCUT2D eigenvalue weighted by molar-refractivity contribution is 6.31. The second kappa shape index (κ2) is 5.15. The van der Waals surface area contributed by atoms with Crippen molar-refractivity contribution in [3.05, 3.63) is 52.7 Å². The molecule has 4 heteroatoms. The molecule has 0 aromatic carbocycles. The van der Waals surface area contributed by atoms with Gasteiger partial charge in [0.2, 0.25) is 5.78 Å². The van der Waals surface area contributed by atoms with Gasteiger partial charge in [0.05, 0.1) is 5.02 Å². The highest BCUT2D eigenvalue weighted by Gasteiger charge is 2.13. The van der Waals surface area contributed by atoms with Crippen LogP contribution >= 0.6 is 11.6 Å². The minimum atomic E-state index is -0.0715. The van der Waals surface area contributed by atoms with E-state index in [1.807, 2.05) is 13.0 Å². The lowest BCUT2D eigenvalue weighted by Crippen LogP contribution is -2.02. The Kier molecular flexibility index (Phi) is 3.59. The zero-order valence-corrected chi connectivity index (χ0v) is 10.2. The average molecular weight is 250 g/mol. The zero-order valence-electron chi connectivity index (χ0n) is 9.44. The molecule has 0 saturated heterocycles. The van der Waals surface area contributed by atoms with E-state index in [9.17, 15) is 4.79 Å². The normalized spacial score (nSPS) is 10.5. The standard InChI is InChI=1S/C13H12ClNO2/c1-2-10-3-4-13(17-10)12(16)7-9-5-6-15-8-11(9)14/h3-6,8H,2,7H2,1H3. The van der Waals surface area contributed by atoms with Gasteiger partial charge < -0.3 is 4.42 Å². The van der Waals surface area contributed by atoms with Crippen LogP contribution in [0, 0.1) is 0 Å². The molecule has 2 aromatic heterocycles. The van der Waals surface area contributed by atoms with Gasteiger partial charge in [0.1, 0.15) is 5.76 Å². The number of carbonyl (C=O) groups is 1. The molecule has 0 saturated carbocycles. The van der Waals surface area contributed by atoms with Crippen molar-refractivity contribution in [2.24, 2.45) is 0 Å². The molecule has 3 nitrogen and oxygen atoms in total. The monoisotopic (exact) mass is 249 g/mol. The molecule has 0 N–H and O–H groups in total. The number of carbonyl (C=O) groups excluding carboxylic acids is 1. The summed E-state index contributed by atoms with van der Waals surface area (Å²) >= 11 is 5.94. The maximum Gasteiger partial charge on any atom is 0.202 e. The molecule has 0 bridgehead atoms. The van der Waals surface area contributed by atoms with E-state index in [1.165, 1.54) is 6.20 Å². The molecule has 2 heterocycles. The van der Waals surface area contributed by atoms with Crippen molar-refractivity contribution in [2.75, 3.05) is 0 Å². The highest BCUT2D eigenvalue weighted by Crippen LogP contribution is 2.17. The Labute approximate surface area is 104 Å². The van der Waals surface area contributed by atoms with Crippen molar-refractivity contribution in [2.45, 2.75) is 19.8 Å². The molecule has 0 amide bonds. The summed E-state index contributed by atoms with van der Waals surface area (Å²) in [4.78, 5) is 15.8. The first-order valence-corrected chi connectivity index (χ1v) is 5.78. The molecule has 0 aliphatic rings. The van der Waals surface area contributed by atoms with Gasteiger partial charge in [-0.05, 0) is 23.8 Å². The van der Waals surface area contributed by atoms with Crippen LogP contribution in [0.4, 0.5) is 0 Å². The second-order valence-electron chi connectivity index (χ2n) is 3.69. The summed E-state index contributed by atoms with van der Waals surface area (Å²) < 4.78 is 5.40. The molecule has 17 heavy (non-hydrogen) atoms. The molecular formula is C13H12ClNO2. The fourth-order valence-corrected chi connectivity index (χ4v) is 1.71. The molecule has 0 aliphatic heterocycles. The number of nitrogens with zero attached hydrogens (tertiary/aromatic N) is 1. The Bertz CT molecular complexity index is 534. The van der Waals surface area contributed by atoms with Crippen molar-refractivity contribution in [1.82, 2.24) is 4.98 Å². The lowest BCUT2D eigenvalue weighted by molar-refractivity contribution is 0.0965. The van der Waals surface area contributed by atoms with Gasteiger partial charge in [-0.2, -0.15) is 0 Å². The highest BCUT2D eigenvalue weighted by atomic mass is 35.5. The first-order chi connectivity index (χ1) is 8.20. The fourth-order valence-electron chi connectivity index (χ4n) is 1.53. The Morgan fingerprint density at radius 2 is 2.24 bits per heavy atom. The molecule has 0 atom stereocenters. The number of ketones is 1. The van der Waals surface area contributed by atoms with Gasteiger partial charge in [0.15, 0.2) is 5.76 Å². The number of pyridine rings is 1. The van der Waals surface area contributed by atoms with Gasteiger partial charge >= 0.3 is 0 Å². The van der Waals surface area contributed by atoms with E-state index in [4.69, 9.17) is 16.0 Å². The first kappa shape index (κ1) is 11.9. The Morgan fingerprint density at radius 1 is 1.41 bits per heavy atom. The Hall–Kier alpha value is -1.61. The van der Waals surface area contributed by atoms with Crippen LogP contribution < -0.4 is 0 Å². The van der Waals surface area contributed by atoms with Crippen LogP contribution in [0.1, 0.15) is 28.8 Å². The summed E-state index contributed by atoms with van der Waals surface area (Å²) in [6.45, 7) is 1.98. The molecule has 88 valence electrons. The maximum atomic E-state index is 11.9. The lowest BCUT2D eigenvalue weighted by atomic mass is 10.1. The van der Waals surface area contributed by atoms with E-state index in [2.05, 4.69) is 4.98 Å². The van der Waals surface area contributed by atoms with Crippen LogP contribution in [0.25, 0.3) is 0 Å². The van der Waals surface area contributed by atoms with Gasteiger partial charge in [0.25, 0.3) is 0 Å². The van der Waals surface area contributed by atoms with Crippen LogP contribution in [0.15, 0.2) is 35.0 Å². The van der Waals surface area contributed by atoms with Crippen molar-refractivity contribution >= 4 is 17.4 Å². The fraction of sp³-hybridized carbons (Fsp3) is 0.231. The minimum Gasteiger partial charge on any atom is -0.458 e. The topological polar surface area (TPSA) is 43.1 Å². The summed E-state index contributed by atoms with van der Waals surface area (Å²) in [5.41, 5.74) is 0.765. The van der Waals surface area contributed by atoms with Crippen LogP contribution in [0.3, 0.4) is 0 Å². The third-order valence-corrected chi connectivity index (χ3v) is 2.83. The predicted molar refractivity (Wildman–Crippen MR) is 65.4 cm³/mol. The number of furan rings is 1. The smallest absolute Gasteiger partial charge is 0.202 e. The van der Waals surface area contributed by atoms with Crippen molar-refractivity contribution in [3.8, 4) is 0 Å². The molecule has 2 rings (SSSR count). The molecule has 0 spiro atoms. The predicted octanol–water partition coefficient (Wildman–Crippen LogP) is 3.32. The summed E-state index contributed by atoms with van der Waals surface area (Å²) in [5.74, 6) is 1.13. The van der Waals surface area contributed by atoms with E-state index < -0.39 is 0 Å². The quantitative estimate of drug-likeness (QED) is 0.781. The second-order valence-corrected chi connectivity index (χ2v) is 4.09. The molecule has 0 fully saturated rings. The van der Waals surface area contributed by atoms with E-state index in [1.54, 1.807) is 18.3 Å². The van der Waals surface area contributed by atoms with Crippen LogP contribution in [0.2, 0.25) is 5.02 Å². The lowest BCUT2D eigenvalue weighted by Gasteiger charge is -2.00. The molecule has 0 aliphatic carbocycles. The number of aryl methyl sites for hydroxylation is 1. The third-order valence-electron chi connectivity index (χ3n) is 2.49. The summed E-state index contributed by atoms with van der Waals surface area (Å²) in [5, 5.41) is 0.503. The van der Waals surface area contributed by atoms with Crippen molar-refractivity contribution < 1.29 is 9.21 Å². The third kappa shape index (κ3) is 2.74. The number of hydrogen-bond donors (Lipinski definition) is 0. The van der Waals surface area contributed by atoms with E-state index in [0.717, 1.165) is 17.7 Å². The van der Waals surface area contributed by atoms with Gasteiger partial charge in [-0.25, -0.2) is 0 Å². The van der Waals surface area contributed by atoms with Crippen molar-refractivity contribution in [1.29, 1.82) is 0 Å². The number of hydrogen-bond acceptors (Lipinski definition) is 3. The van der Waals surface area contributed by atoms with Crippen molar-refractivity contribution in [3.63, 3.8) is 0 Å². The summed E-state index contributed by atoms with van der Waals surface area (Å²) in [6.07, 6.45) is 4.17. The van der Waals surface area contributed by atoms with Gasteiger partial charge in [0, 0.05) is 25.2 Å². The zero-order chi connectivity index (χ0) is 12.3. The molecular weight excluding hydrogens is 238 g/mol. The van der Waals surface area contributed by atoms with Crippen LogP contribution in [-0.4, -0.2) is 10.8 Å². The molecule has 0 radical (unpaired) electrons. The summed E-state index contributed by atoms with van der Waals surface area (Å²) in [7, 11) is 0. The van der Waals surface area contributed by atoms with Crippen LogP contribution in [-0.2, 0) is 12.8 Å². The number of Topliss-reactive ketones (excluding diaryl/α,β-unsaturated/α-hetero) is 1.